The highest BCUT2D eigenvalue weighted by molar-refractivity contribution is 7.85. The van der Waals surface area contributed by atoms with Crippen molar-refractivity contribution in [1.82, 2.24) is 15.1 Å². The summed E-state index contributed by atoms with van der Waals surface area (Å²) in [6.07, 6.45) is -0.296. The van der Waals surface area contributed by atoms with Crippen LogP contribution in [0.5, 0.6) is 0 Å². The van der Waals surface area contributed by atoms with E-state index in [2.05, 4.69) is 15.1 Å². The molecule has 0 amide bonds. The van der Waals surface area contributed by atoms with E-state index in [0.29, 0.717) is 6.20 Å². The van der Waals surface area contributed by atoms with Crippen LogP contribution in [0.2, 0.25) is 0 Å². The van der Waals surface area contributed by atoms with Crippen LogP contribution in [0.3, 0.4) is 0 Å². The van der Waals surface area contributed by atoms with Gasteiger partial charge in [0.2, 0.25) is 0 Å². The van der Waals surface area contributed by atoms with Gasteiger partial charge in [-0.2, -0.15) is 13.2 Å². The zero-order chi connectivity index (χ0) is 16.4. The maximum Gasteiger partial charge on any atom is 0.434 e. The van der Waals surface area contributed by atoms with Crippen LogP contribution >= 0.6 is 0 Å². The first-order valence-electron chi connectivity index (χ1n) is 5.84. The molecule has 0 N–H and O–H groups in total. The van der Waals surface area contributed by atoms with Crippen molar-refractivity contribution >= 4 is 10.1 Å². The Labute approximate surface area is 123 Å². The van der Waals surface area contributed by atoms with E-state index in [1.807, 2.05) is 0 Å². The molecule has 118 valence electrons. The van der Waals surface area contributed by atoms with E-state index in [-0.39, 0.29) is 17.8 Å². The number of hydrogen-bond acceptors (Lipinski definition) is 6. The van der Waals surface area contributed by atoms with Gasteiger partial charge in [0.05, 0.1) is 23.8 Å². The summed E-state index contributed by atoms with van der Waals surface area (Å²) in [5.41, 5.74) is -0.870. The third-order valence-corrected chi connectivity index (χ3v) is 3.25. The third-order valence-electron chi connectivity index (χ3n) is 2.56. The van der Waals surface area contributed by atoms with Crippen LogP contribution in [-0.4, -0.2) is 33.8 Å². The number of rotatable bonds is 4. The van der Waals surface area contributed by atoms with Crippen molar-refractivity contribution in [1.29, 1.82) is 0 Å². The predicted molar refractivity (Wildman–Crippen MR) is 65.0 cm³/mol. The number of aryl methyl sites for hydroxylation is 1. The van der Waals surface area contributed by atoms with Crippen LogP contribution in [0.25, 0.3) is 11.3 Å². The van der Waals surface area contributed by atoms with Gasteiger partial charge in [0, 0.05) is 11.6 Å². The van der Waals surface area contributed by atoms with Crippen molar-refractivity contribution in [2.75, 3.05) is 5.75 Å². The lowest BCUT2D eigenvalue weighted by Crippen LogP contribution is -2.40. The van der Waals surface area contributed by atoms with E-state index in [1.54, 1.807) is 0 Å². The molecule has 2 aromatic rings. The van der Waals surface area contributed by atoms with Crippen molar-refractivity contribution in [2.45, 2.75) is 12.7 Å². The van der Waals surface area contributed by atoms with Gasteiger partial charge >= 0.3 is 6.18 Å². The SMILES string of the molecule is O=S(=O)([O-])CC[n+]1ccc(-c2cncc(C(F)(F)F)n2)cn1. The van der Waals surface area contributed by atoms with E-state index in [0.717, 1.165) is 6.20 Å². The first-order valence-corrected chi connectivity index (χ1v) is 7.42. The standard InChI is InChI=1S/C11H9F3N4O3S/c12-11(13,14)10-7-15-6-9(17-10)8-1-2-18(16-5-8)3-4-22(19,20)21/h1-2,5-7H,3-4H2. The van der Waals surface area contributed by atoms with E-state index in [9.17, 15) is 26.1 Å². The number of hydrogen-bond donors (Lipinski definition) is 0. The van der Waals surface area contributed by atoms with Crippen LogP contribution < -0.4 is 4.68 Å². The molecule has 2 heterocycles. The lowest BCUT2D eigenvalue weighted by atomic mass is 10.2. The van der Waals surface area contributed by atoms with Crippen molar-refractivity contribution in [3.8, 4) is 11.3 Å². The summed E-state index contributed by atoms with van der Waals surface area (Å²) in [7, 11) is -4.36. The Kier molecular flexibility index (Phi) is 4.37. The Hall–Kier alpha value is -2.14. The Morgan fingerprint density at radius 2 is 1.95 bits per heavy atom. The molecule has 0 fully saturated rings. The predicted octanol–water partition coefficient (Wildman–Crippen LogP) is 0.390. The first-order chi connectivity index (χ1) is 10.1. The Morgan fingerprint density at radius 3 is 2.50 bits per heavy atom. The molecule has 0 atom stereocenters. The van der Waals surface area contributed by atoms with Crippen LogP contribution in [0, 0.1) is 0 Å². The molecule has 0 unspecified atom stereocenters. The molecule has 0 saturated heterocycles. The summed E-state index contributed by atoms with van der Waals surface area (Å²) in [4.78, 5) is 6.93. The maximum atomic E-state index is 12.6. The van der Waals surface area contributed by atoms with Gasteiger partial charge in [-0.05, 0) is 5.10 Å². The fourth-order valence-corrected chi connectivity index (χ4v) is 1.93. The van der Waals surface area contributed by atoms with Crippen molar-refractivity contribution in [3.63, 3.8) is 0 Å². The van der Waals surface area contributed by atoms with Gasteiger partial charge in [-0.3, -0.25) is 4.98 Å². The van der Waals surface area contributed by atoms with Crippen molar-refractivity contribution in [3.05, 3.63) is 36.5 Å². The van der Waals surface area contributed by atoms with Crippen LogP contribution in [-0.2, 0) is 22.8 Å². The highest BCUT2D eigenvalue weighted by atomic mass is 32.2. The summed E-state index contributed by atoms with van der Waals surface area (Å²) >= 11 is 0. The molecule has 0 bridgehead atoms. The summed E-state index contributed by atoms with van der Waals surface area (Å²) in [5.74, 6) is -0.632. The maximum absolute atomic E-state index is 12.6. The summed E-state index contributed by atoms with van der Waals surface area (Å²) in [5, 5.41) is 3.81. The number of halogens is 3. The molecule has 0 aliphatic heterocycles. The average Bonchev–Trinajstić information content (AvgIpc) is 2.44. The summed E-state index contributed by atoms with van der Waals surface area (Å²) in [6, 6.07) is 1.40. The van der Waals surface area contributed by atoms with Crippen LogP contribution in [0.15, 0.2) is 30.9 Å². The fourth-order valence-electron chi connectivity index (χ4n) is 1.51. The quantitative estimate of drug-likeness (QED) is 0.592. The van der Waals surface area contributed by atoms with E-state index in [4.69, 9.17) is 0 Å². The van der Waals surface area contributed by atoms with Crippen molar-refractivity contribution < 1.29 is 30.8 Å². The van der Waals surface area contributed by atoms with Gasteiger partial charge in [0.15, 0.2) is 18.4 Å². The second kappa shape index (κ2) is 5.93. The van der Waals surface area contributed by atoms with Gasteiger partial charge in [0.1, 0.15) is 16.3 Å². The molecule has 7 nitrogen and oxygen atoms in total. The molecule has 22 heavy (non-hydrogen) atoms. The smallest absolute Gasteiger partial charge is 0.434 e. The zero-order valence-corrected chi connectivity index (χ0v) is 11.7. The van der Waals surface area contributed by atoms with Gasteiger partial charge in [0.25, 0.3) is 0 Å². The normalized spacial score (nSPS) is 12.4. The molecule has 11 heteroatoms. The third kappa shape index (κ3) is 4.43. The van der Waals surface area contributed by atoms with Crippen molar-refractivity contribution in [2.24, 2.45) is 0 Å². The number of nitrogens with zero attached hydrogens (tertiary/aromatic N) is 4. The Balaban J connectivity index is 2.20. The minimum atomic E-state index is -4.60. The number of alkyl halides is 3. The fraction of sp³-hybridized carbons (Fsp3) is 0.273. The monoisotopic (exact) mass is 334 g/mol. The molecule has 0 radical (unpaired) electrons. The van der Waals surface area contributed by atoms with E-state index >= 15 is 0 Å². The summed E-state index contributed by atoms with van der Waals surface area (Å²) in [6.45, 7) is -0.152. The largest absolute Gasteiger partial charge is 0.748 e. The minimum Gasteiger partial charge on any atom is -0.748 e. The molecule has 2 rings (SSSR count). The molecule has 0 aliphatic carbocycles. The minimum absolute atomic E-state index is 0.0223. The van der Waals surface area contributed by atoms with Gasteiger partial charge in [-0.25, -0.2) is 13.4 Å². The van der Waals surface area contributed by atoms with E-state index in [1.165, 1.54) is 23.1 Å². The second-order valence-electron chi connectivity index (χ2n) is 4.23. The molecule has 2 aromatic heterocycles. The molecule has 0 spiro atoms. The summed E-state index contributed by atoms with van der Waals surface area (Å²) < 4.78 is 70.3. The Morgan fingerprint density at radius 1 is 1.23 bits per heavy atom. The van der Waals surface area contributed by atoms with E-state index < -0.39 is 27.7 Å². The lowest BCUT2D eigenvalue weighted by Gasteiger charge is -2.06. The molecular weight excluding hydrogens is 325 g/mol. The average molecular weight is 334 g/mol. The van der Waals surface area contributed by atoms with Crippen LogP contribution in [0.4, 0.5) is 13.2 Å². The lowest BCUT2D eigenvalue weighted by molar-refractivity contribution is -0.750. The zero-order valence-electron chi connectivity index (χ0n) is 10.9. The molecule has 0 aromatic carbocycles. The number of aromatic nitrogens is 4. The van der Waals surface area contributed by atoms with Gasteiger partial charge < -0.3 is 4.55 Å². The topological polar surface area (TPSA) is 99.8 Å². The Bertz CT molecular complexity index is 763. The van der Waals surface area contributed by atoms with Gasteiger partial charge in [-0.15, -0.1) is 0 Å². The molecule has 0 aliphatic rings. The molecular formula is C11H9F3N4O3S. The molecule has 0 saturated carbocycles. The van der Waals surface area contributed by atoms with Crippen LogP contribution in [0.1, 0.15) is 5.69 Å². The highest BCUT2D eigenvalue weighted by Gasteiger charge is 2.33. The second-order valence-corrected chi connectivity index (χ2v) is 5.75. The first kappa shape index (κ1) is 16.2. The van der Waals surface area contributed by atoms with Gasteiger partial charge in [-0.1, -0.05) is 4.68 Å². The highest BCUT2D eigenvalue weighted by Crippen LogP contribution is 2.28.